The second-order valence-electron chi connectivity index (χ2n) is 6.77. The lowest BCUT2D eigenvalue weighted by Crippen LogP contribution is -1.96. The summed E-state index contributed by atoms with van der Waals surface area (Å²) in [6.07, 6.45) is 13.3. The van der Waals surface area contributed by atoms with E-state index in [-0.39, 0.29) is 0 Å². The van der Waals surface area contributed by atoms with Gasteiger partial charge in [-0.3, -0.25) is 4.98 Å². The summed E-state index contributed by atoms with van der Waals surface area (Å²) in [5, 5.41) is 0. The van der Waals surface area contributed by atoms with Crippen molar-refractivity contribution in [2.24, 2.45) is 0 Å². The second-order valence-corrected chi connectivity index (χ2v) is 6.77. The lowest BCUT2D eigenvalue weighted by molar-refractivity contribution is 0.906. The summed E-state index contributed by atoms with van der Waals surface area (Å²) in [6.45, 7) is 6.64. The molecule has 0 bridgehead atoms. The van der Waals surface area contributed by atoms with Crippen LogP contribution < -0.4 is 0 Å². The maximum absolute atomic E-state index is 4.58. The number of aryl methyl sites for hydroxylation is 1. The van der Waals surface area contributed by atoms with Crippen molar-refractivity contribution < 1.29 is 0 Å². The third kappa shape index (κ3) is 3.02. The van der Waals surface area contributed by atoms with E-state index in [1.807, 2.05) is 16.8 Å². The van der Waals surface area contributed by atoms with E-state index in [0.717, 1.165) is 30.6 Å². The van der Waals surface area contributed by atoms with Crippen LogP contribution in [0.15, 0.2) is 65.8 Å². The maximum atomic E-state index is 4.58. The number of imidazole rings is 1. The lowest BCUT2D eigenvalue weighted by atomic mass is 9.96. The highest BCUT2D eigenvalue weighted by Gasteiger charge is 2.19. The van der Waals surface area contributed by atoms with Gasteiger partial charge in [0.2, 0.25) is 0 Å². The highest BCUT2D eigenvalue weighted by atomic mass is 15.0. The zero-order valence-electron chi connectivity index (χ0n) is 15.1. The minimum Gasteiger partial charge on any atom is -0.304 e. The van der Waals surface area contributed by atoms with Crippen molar-refractivity contribution in [3.63, 3.8) is 0 Å². The molecular weight excluding hydrogens is 306 g/mol. The Morgan fingerprint density at radius 2 is 1.92 bits per heavy atom. The summed E-state index contributed by atoms with van der Waals surface area (Å²) in [5.41, 5.74) is 10.3. The van der Waals surface area contributed by atoms with Gasteiger partial charge in [0.25, 0.3) is 0 Å². The first kappa shape index (κ1) is 15.8. The Labute approximate surface area is 148 Å². The predicted octanol–water partition coefficient (Wildman–Crippen LogP) is 5.17. The summed E-state index contributed by atoms with van der Waals surface area (Å²) >= 11 is 0. The molecule has 0 atom stereocenters. The van der Waals surface area contributed by atoms with E-state index >= 15 is 0 Å². The quantitative estimate of drug-likeness (QED) is 0.646. The van der Waals surface area contributed by atoms with Crippen LogP contribution in [0.2, 0.25) is 0 Å². The molecule has 2 aromatic heterocycles. The fourth-order valence-corrected chi connectivity index (χ4v) is 3.41. The molecule has 0 saturated carbocycles. The van der Waals surface area contributed by atoms with Crippen LogP contribution >= 0.6 is 0 Å². The molecule has 1 aromatic carbocycles. The van der Waals surface area contributed by atoms with Crippen LogP contribution in [0.5, 0.6) is 0 Å². The summed E-state index contributed by atoms with van der Waals surface area (Å²) < 4.78 is 2.02. The van der Waals surface area contributed by atoms with E-state index in [4.69, 9.17) is 0 Å². The van der Waals surface area contributed by atoms with Gasteiger partial charge < -0.3 is 4.40 Å². The van der Waals surface area contributed by atoms with E-state index < -0.39 is 0 Å². The summed E-state index contributed by atoms with van der Waals surface area (Å²) in [6, 6.07) is 6.77. The molecule has 1 aliphatic rings. The van der Waals surface area contributed by atoms with Gasteiger partial charge in [-0.25, -0.2) is 4.98 Å². The van der Waals surface area contributed by atoms with Gasteiger partial charge >= 0.3 is 0 Å². The molecule has 2 heterocycles. The number of nitrogens with zero attached hydrogens (tertiary/aromatic N) is 3. The van der Waals surface area contributed by atoms with Gasteiger partial charge in [-0.15, -0.1) is 0 Å². The average Bonchev–Trinajstić information content (AvgIpc) is 3.01. The van der Waals surface area contributed by atoms with Crippen LogP contribution in [0.4, 0.5) is 0 Å². The number of allylic oxidation sites excluding steroid dienone is 4. The zero-order chi connectivity index (χ0) is 17.4. The molecule has 25 heavy (non-hydrogen) atoms. The number of hydrogen-bond donors (Lipinski definition) is 0. The molecule has 3 aromatic rings. The van der Waals surface area contributed by atoms with Crippen LogP contribution in [0.3, 0.4) is 0 Å². The minimum absolute atomic E-state index is 0.878. The molecular formula is C22H23N3. The molecule has 0 unspecified atom stereocenters. The normalized spacial score (nSPS) is 13.6. The van der Waals surface area contributed by atoms with Gasteiger partial charge in [-0.05, 0) is 60.6 Å². The third-order valence-corrected chi connectivity index (χ3v) is 5.13. The van der Waals surface area contributed by atoms with Crippen LogP contribution in [-0.2, 0) is 12.8 Å². The van der Waals surface area contributed by atoms with E-state index in [0.29, 0.717) is 0 Å². The van der Waals surface area contributed by atoms with Gasteiger partial charge in [0, 0.05) is 24.2 Å². The van der Waals surface area contributed by atoms with Crippen molar-refractivity contribution in [1.82, 2.24) is 14.4 Å². The van der Waals surface area contributed by atoms with Gasteiger partial charge in [0.1, 0.15) is 0 Å². The average molecular weight is 329 g/mol. The molecule has 0 spiro atoms. The van der Waals surface area contributed by atoms with Gasteiger partial charge in [0.15, 0.2) is 5.65 Å². The van der Waals surface area contributed by atoms with Crippen LogP contribution in [-0.4, -0.2) is 14.4 Å². The SMILES string of the molecule is CCCc1cc(-c2cn3ccnc3cn2)ccc1CC=C1C(C)=C1C. The summed E-state index contributed by atoms with van der Waals surface area (Å²) in [5.74, 6) is 0. The largest absolute Gasteiger partial charge is 0.304 e. The monoisotopic (exact) mass is 329 g/mol. The van der Waals surface area contributed by atoms with Crippen molar-refractivity contribution in [3.05, 3.63) is 76.9 Å². The highest BCUT2D eigenvalue weighted by Crippen LogP contribution is 2.37. The van der Waals surface area contributed by atoms with Crippen molar-refractivity contribution in [2.75, 3.05) is 0 Å². The van der Waals surface area contributed by atoms with E-state index in [2.05, 4.69) is 61.2 Å². The smallest absolute Gasteiger partial charge is 0.155 e. The number of fused-ring (bicyclic) bond motifs is 1. The molecule has 0 aliphatic heterocycles. The fraction of sp³-hybridized carbons (Fsp3) is 0.273. The summed E-state index contributed by atoms with van der Waals surface area (Å²) in [4.78, 5) is 8.85. The molecule has 4 rings (SSSR count). The lowest BCUT2D eigenvalue weighted by Gasteiger charge is -2.10. The molecule has 126 valence electrons. The number of hydrogen-bond acceptors (Lipinski definition) is 2. The fourth-order valence-electron chi connectivity index (χ4n) is 3.41. The Hall–Kier alpha value is -2.68. The summed E-state index contributed by atoms with van der Waals surface area (Å²) in [7, 11) is 0. The van der Waals surface area contributed by atoms with Gasteiger partial charge in [-0.2, -0.15) is 0 Å². The molecule has 0 N–H and O–H groups in total. The zero-order valence-corrected chi connectivity index (χ0v) is 15.1. The van der Waals surface area contributed by atoms with Crippen LogP contribution in [0.1, 0.15) is 38.3 Å². The Kier molecular flexibility index (Phi) is 4.00. The van der Waals surface area contributed by atoms with Crippen molar-refractivity contribution >= 4 is 5.65 Å². The molecule has 1 aliphatic carbocycles. The highest BCUT2D eigenvalue weighted by molar-refractivity contribution is 5.65. The van der Waals surface area contributed by atoms with E-state index in [9.17, 15) is 0 Å². The van der Waals surface area contributed by atoms with Crippen molar-refractivity contribution in [2.45, 2.75) is 40.0 Å². The maximum Gasteiger partial charge on any atom is 0.155 e. The molecule has 0 fully saturated rings. The van der Waals surface area contributed by atoms with E-state index in [1.54, 1.807) is 6.20 Å². The molecule has 0 radical (unpaired) electrons. The topological polar surface area (TPSA) is 30.2 Å². The Bertz CT molecular complexity index is 991. The molecule has 0 amide bonds. The first-order chi connectivity index (χ1) is 12.2. The first-order valence-electron chi connectivity index (χ1n) is 8.96. The van der Waals surface area contributed by atoms with Crippen LogP contribution in [0, 0.1) is 0 Å². The van der Waals surface area contributed by atoms with Crippen LogP contribution in [0.25, 0.3) is 16.9 Å². The molecule has 0 saturated heterocycles. The first-order valence-corrected chi connectivity index (χ1v) is 8.96. The van der Waals surface area contributed by atoms with Crippen molar-refractivity contribution in [1.29, 1.82) is 0 Å². The third-order valence-electron chi connectivity index (χ3n) is 5.13. The predicted molar refractivity (Wildman–Crippen MR) is 103 cm³/mol. The number of aromatic nitrogens is 3. The van der Waals surface area contributed by atoms with Gasteiger partial charge in [0.05, 0.1) is 11.9 Å². The molecule has 3 heteroatoms. The van der Waals surface area contributed by atoms with E-state index in [1.165, 1.54) is 33.4 Å². The standard InChI is InChI=1S/C22H23N3/c1-4-5-18-12-19(21-14-25-11-10-23-22(25)13-24-21)7-6-17(18)8-9-20-15(2)16(20)3/h6-7,9-14H,4-5,8H2,1-3H3. The number of benzene rings is 1. The Morgan fingerprint density at radius 1 is 1.08 bits per heavy atom. The minimum atomic E-state index is 0.878. The number of rotatable bonds is 5. The Balaban J connectivity index is 1.65. The van der Waals surface area contributed by atoms with Crippen molar-refractivity contribution in [3.8, 4) is 11.3 Å². The van der Waals surface area contributed by atoms with Gasteiger partial charge in [-0.1, -0.05) is 31.6 Å². The Morgan fingerprint density at radius 3 is 2.68 bits per heavy atom. The second kappa shape index (κ2) is 6.32. The molecule has 3 nitrogen and oxygen atoms in total.